The van der Waals surface area contributed by atoms with Crippen molar-refractivity contribution in [3.05, 3.63) is 54.5 Å². The molecule has 0 bridgehead atoms. The summed E-state index contributed by atoms with van der Waals surface area (Å²) in [4.78, 5) is 20.8. The number of rotatable bonds is 6. The van der Waals surface area contributed by atoms with Gasteiger partial charge in [-0.15, -0.1) is 0 Å². The molecule has 1 saturated carbocycles. The molecule has 150 valence electrons. The van der Waals surface area contributed by atoms with Crippen LogP contribution in [0.1, 0.15) is 36.2 Å². The van der Waals surface area contributed by atoms with E-state index in [-0.39, 0.29) is 18.1 Å². The molecule has 1 aliphatic carbocycles. The van der Waals surface area contributed by atoms with E-state index in [0.717, 1.165) is 31.2 Å². The fraction of sp³-hybridized carbons (Fsp3) is 0.333. The zero-order chi connectivity index (χ0) is 20.1. The van der Waals surface area contributed by atoms with Crippen LogP contribution in [0.25, 0.3) is 11.3 Å². The first-order valence-electron chi connectivity index (χ1n) is 9.66. The van der Waals surface area contributed by atoms with Crippen LogP contribution in [-0.2, 0) is 0 Å². The van der Waals surface area contributed by atoms with E-state index in [2.05, 4.69) is 25.5 Å². The first kappa shape index (κ1) is 18.9. The van der Waals surface area contributed by atoms with Crippen LogP contribution >= 0.6 is 0 Å². The standard InChI is InChI=1S/C21H23N5O3/c1-28-19-6-3-2-5-16(19)17-13-18(26-25-17)20(27)24-14-7-9-15(10-8-14)29-21-22-11-4-12-23-21/h2-6,11-15H,7-10H2,1H3,(H,24,27)(H,25,26). The van der Waals surface area contributed by atoms with Gasteiger partial charge in [-0.3, -0.25) is 9.89 Å². The number of carbonyl (C=O) groups excluding carboxylic acids is 1. The Morgan fingerprint density at radius 1 is 1.10 bits per heavy atom. The lowest BCUT2D eigenvalue weighted by atomic mass is 9.93. The number of nitrogens with zero attached hydrogens (tertiary/aromatic N) is 3. The lowest BCUT2D eigenvalue weighted by Crippen LogP contribution is -2.40. The quantitative estimate of drug-likeness (QED) is 0.667. The second-order valence-corrected chi connectivity index (χ2v) is 6.96. The maximum absolute atomic E-state index is 12.6. The molecule has 8 heteroatoms. The normalized spacial score (nSPS) is 18.8. The molecule has 2 aromatic heterocycles. The Balaban J connectivity index is 1.32. The summed E-state index contributed by atoms with van der Waals surface area (Å²) in [6, 6.07) is 11.6. The predicted octanol–water partition coefficient (Wildman–Crippen LogP) is 3.00. The summed E-state index contributed by atoms with van der Waals surface area (Å²) < 4.78 is 11.2. The van der Waals surface area contributed by atoms with Gasteiger partial charge in [0, 0.05) is 24.0 Å². The molecule has 1 fully saturated rings. The fourth-order valence-corrected chi connectivity index (χ4v) is 3.52. The van der Waals surface area contributed by atoms with Gasteiger partial charge in [0.05, 0.1) is 12.8 Å². The molecule has 0 saturated heterocycles. The third kappa shape index (κ3) is 4.53. The summed E-state index contributed by atoms with van der Waals surface area (Å²) in [5.74, 6) is 0.557. The van der Waals surface area contributed by atoms with Gasteiger partial charge in [0.15, 0.2) is 0 Å². The second-order valence-electron chi connectivity index (χ2n) is 6.96. The monoisotopic (exact) mass is 393 g/mol. The maximum Gasteiger partial charge on any atom is 0.316 e. The molecule has 4 rings (SSSR count). The molecule has 0 unspecified atom stereocenters. The lowest BCUT2D eigenvalue weighted by Gasteiger charge is -2.28. The highest BCUT2D eigenvalue weighted by Gasteiger charge is 2.25. The topological polar surface area (TPSA) is 102 Å². The Kier molecular flexibility index (Phi) is 5.69. The van der Waals surface area contributed by atoms with Gasteiger partial charge in [0.1, 0.15) is 17.5 Å². The van der Waals surface area contributed by atoms with Gasteiger partial charge in [0.25, 0.3) is 5.91 Å². The summed E-state index contributed by atoms with van der Waals surface area (Å²) in [5.41, 5.74) is 1.95. The number of hydrogen-bond acceptors (Lipinski definition) is 6. The van der Waals surface area contributed by atoms with Crippen molar-refractivity contribution in [2.75, 3.05) is 7.11 Å². The van der Waals surface area contributed by atoms with E-state index in [0.29, 0.717) is 23.1 Å². The number of methoxy groups -OCH3 is 1. The van der Waals surface area contributed by atoms with Crippen LogP contribution in [0.5, 0.6) is 11.8 Å². The molecule has 1 aliphatic rings. The van der Waals surface area contributed by atoms with Crippen molar-refractivity contribution < 1.29 is 14.3 Å². The number of amides is 1. The molecule has 29 heavy (non-hydrogen) atoms. The molecule has 2 N–H and O–H groups in total. The Labute approximate surface area is 168 Å². The highest BCUT2D eigenvalue weighted by Crippen LogP contribution is 2.28. The van der Waals surface area contributed by atoms with E-state index >= 15 is 0 Å². The van der Waals surface area contributed by atoms with Crippen molar-refractivity contribution in [1.82, 2.24) is 25.5 Å². The van der Waals surface area contributed by atoms with Crippen molar-refractivity contribution >= 4 is 5.91 Å². The summed E-state index contributed by atoms with van der Waals surface area (Å²) in [7, 11) is 1.61. The summed E-state index contributed by atoms with van der Waals surface area (Å²) in [6.45, 7) is 0. The number of hydrogen-bond donors (Lipinski definition) is 2. The first-order chi connectivity index (χ1) is 14.2. The predicted molar refractivity (Wildman–Crippen MR) is 107 cm³/mol. The minimum atomic E-state index is -0.158. The average molecular weight is 393 g/mol. The fourth-order valence-electron chi connectivity index (χ4n) is 3.52. The van der Waals surface area contributed by atoms with Crippen molar-refractivity contribution in [2.24, 2.45) is 0 Å². The van der Waals surface area contributed by atoms with Gasteiger partial charge in [0.2, 0.25) is 0 Å². The Morgan fingerprint density at radius 3 is 2.62 bits per heavy atom. The van der Waals surface area contributed by atoms with Crippen molar-refractivity contribution in [2.45, 2.75) is 37.8 Å². The average Bonchev–Trinajstić information content (AvgIpc) is 3.26. The Bertz CT molecular complexity index is 952. The van der Waals surface area contributed by atoms with Crippen LogP contribution in [-0.4, -0.2) is 45.3 Å². The van der Waals surface area contributed by atoms with E-state index in [1.807, 2.05) is 24.3 Å². The first-order valence-corrected chi connectivity index (χ1v) is 9.66. The minimum Gasteiger partial charge on any atom is -0.496 e. The smallest absolute Gasteiger partial charge is 0.316 e. The number of nitrogens with one attached hydrogen (secondary N) is 2. The molecule has 8 nitrogen and oxygen atoms in total. The van der Waals surface area contributed by atoms with E-state index < -0.39 is 0 Å². The zero-order valence-electron chi connectivity index (χ0n) is 16.2. The molecule has 2 heterocycles. The summed E-state index contributed by atoms with van der Waals surface area (Å²) in [5, 5.41) is 10.2. The molecule has 0 aliphatic heterocycles. The van der Waals surface area contributed by atoms with Crippen molar-refractivity contribution in [3.8, 4) is 23.0 Å². The van der Waals surface area contributed by atoms with Crippen molar-refractivity contribution in [1.29, 1.82) is 0 Å². The van der Waals surface area contributed by atoms with E-state index in [1.54, 1.807) is 31.6 Å². The maximum atomic E-state index is 12.6. The SMILES string of the molecule is COc1ccccc1-c1cc(C(=O)NC2CCC(Oc3ncccn3)CC2)[nH]n1. The number of para-hydroxylation sites is 1. The highest BCUT2D eigenvalue weighted by molar-refractivity contribution is 5.93. The number of benzene rings is 1. The highest BCUT2D eigenvalue weighted by atomic mass is 16.5. The number of ether oxygens (including phenoxy) is 2. The third-order valence-corrected chi connectivity index (χ3v) is 5.03. The minimum absolute atomic E-state index is 0.0786. The molecule has 0 radical (unpaired) electrons. The largest absolute Gasteiger partial charge is 0.496 e. The van der Waals surface area contributed by atoms with Gasteiger partial charge >= 0.3 is 6.01 Å². The molecular weight excluding hydrogens is 370 g/mol. The van der Waals surface area contributed by atoms with E-state index in [4.69, 9.17) is 9.47 Å². The second kappa shape index (κ2) is 8.72. The zero-order valence-corrected chi connectivity index (χ0v) is 16.2. The van der Waals surface area contributed by atoms with Gasteiger partial charge in [-0.05, 0) is 49.9 Å². The van der Waals surface area contributed by atoms with Crippen LogP contribution < -0.4 is 14.8 Å². The van der Waals surface area contributed by atoms with E-state index in [1.165, 1.54) is 0 Å². The number of aromatic amines is 1. The Morgan fingerprint density at radius 2 is 1.86 bits per heavy atom. The molecule has 1 aromatic carbocycles. The molecule has 1 amide bonds. The van der Waals surface area contributed by atoms with Gasteiger partial charge < -0.3 is 14.8 Å². The van der Waals surface area contributed by atoms with Crippen LogP contribution in [0, 0.1) is 0 Å². The Hall–Kier alpha value is -3.42. The lowest BCUT2D eigenvalue weighted by molar-refractivity contribution is 0.0880. The van der Waals surface area contributed by atoms with Crippen LogP contribution in [0.15, 0.2) is 48.8 Å². The van der Waals surface area contributed by atoms with Crippen LogP contribution in [0.2, 0.25) is 0 Å². The number of aromatic nitrogens is 4. The van der Waals surface area contributed by atoms with Crippen LogP contribution in [0.4, 0.5) is 0 Å². The number of carbonyl (C=O) groups is 1. The molecular formula is C21H23N5O3. The van der Waals surface area contributed by atoms with E-state index in [9.17, 15) is 4.79 Å². The van der Waals surface area contributed by atoms with Crippen molar-refractivity contribution in [3.63, 3.8) is 0 Å². The van der Waals surface area contributed by atoms with Gasteiger partial charge in [-0.25, -0.2) is 9.97 Å². The number of H-pyrrole nitrogens is 1. The van der Waals surface area contributed by atoms with Gasteiger partial charge in [-0.1, -0.05) is 12.1 Å². The molecule has 3 aromatic rings. The molecule has 0 spiro atoms. The third-order valence-electron chi connectivity index (χ3n) is 5.03. The van der Waals surface area contributed by atoms with Crippen LogP contribution in [0.3, 0.4) is 0 Å². The summed E-state index contributed by atoms with van der Waals surface area (Å²) >= 11 is 0. The molecule has 0 atom stereocenters. The van der Waals surface area contributed by atoms with Gasteiger partial charge in [-0.2, -0.15) is 5.10 Å². The summed E-state index contributed by atoms with van der Waals surface area (Å²) in [6.07, 6.45) is 6.79.